The molecule has 6 aliphatic rings. The Balaban J connectivity index is 1.11. The molecule has 0 bridgehead atoms. The summed E-state index contributed by atoms with van der Waals surface area (Å²) in [4.78, 5) is 61.5. The van der Waals surface area contributed by atoms with Crippen molar-refractivity contribution in [2.75, 3.05) is 10.6 Å². The number of hydrogen-bond donors (Lipinski definition) is 4. The second-order valence-corrected chi connectivity index (χ2v) is 15.6. The number of carbonyl (C=O) groups is 4. The average molecular weight is 693 g/mol. The highest BCUT2D eigenvalue weighted by Crippen LogP contribution is 2.68. The molecule has 10 nitrogen and oxygen atoms in total. The summed E-state index contributed by atoms with van der Waals surface area (Å²) in [6, 6.07) is 29.4. The van der Waals surface area contributed by atoms with E-state index >= 15 is 0 Å². The molecule has 6 heterocycles. The lowest BCUT2D eigenvalue weighted by atomic mass is 9.54. The molecule has 2 unspecified atom stereocenters. The van der Waals surface area contributed by atoms with Gasteiger partial charge in [-0.1, -0.05) is 96.1 Å². The maximum Gasteiger partial charge on any atom is 0.247 e. The van der Waals surface area contributed by atoms with E-state index in [0.29, 0.717) is 25.7 Å². The summed E-state index contributed by atoms with van der Waals surface area (Å²) in [6.07, 6.45) is 0.259. The number of piperazine rings is 2. The fraction of sp³-hybridized carbons (Fsp3) is 0.333. The molecule has 8 atom stereocenters. The van der Waals surface area contributed by atoms with Crippen LogP contribution in [0.2, 0.25) is 0 Å². The van der Waals surface area contributed by atoms with Gasteiger partial charge in [0.05, 0.1) is 10.8 Å². The number of hydrogen-bond acceptors (Lipinski definition) is 6. The predicted octanol–water partition coefficient (Wildman–Crippen LogP) is 3.67. The number of para-hydroxylation sites is 2. The first-order valence-corrected chi connectivity index (χ1v) is 18.3. The van der Waals surface area contributed by atoms with Crippen LogP contribution in [-0.4, -0.2) is 69.9 Å². The van der Waals surface area contributed by atoms with Crippen molar-refractivity contribution in [3.05, 3.63) is 130 Å². The van der Waals surface area contributed by atoms with E-state index < -0.39 is 47.3 Å². The van der Waals surface area contributed by atoms with Crippen LogP contribution >= 0.6 is 0 Å². The van der Waals surface area contributed by atoms with Gasteiger partial charge in [0.25, 0.3) is 0 Å². The third kappa shape index (κ3) is 4.06. The van der Waals surface area contributed by atoms with Crippen molar-refractivity contribution in [1.29, 1.82) is 0 Å². The van der Waals surface area contributed by atoms with Gasteiger partial charge in [-0.15, -0.1) is 0 Å². The average Bonchev–Trinajstić information content (AvgIpc) is 3.86. The zero-order valence-electron chi connectivity index (χ0n) is 29.1. The molecule has 0 aliphatic carbocycles. The van der Waals surface area contributed by atoms with Crippen LogP contribution in [-0.2, 0) is 42.8 Å². The minimum atomic E-state index is -0.866. The van der Waals surface area contributed by atoms with Crippen LogP contribution in [0.4, 0.5) is 11.4 Å². The quantitative estimate of drug-likeness (QED) is 0.253. The molecule has 6 aliphatic heterocycles. The molecule has 4 amide bonds. The Morgan fingerprint density at radius 3 is 1.33 bits per heavy atom. The number of carbonyl (C=O) groups excluding carboxylic acids is 4. The molecule has 0 aromatic heterocycles. The molecule has 10 heteroatoms. The SMILES string of the molecule is Cc1ccc(C[C@@H]2NC(=O)[C@@H]3CC4(C56C[C@H]7C(=O)N[C@@H](Cc8ccc(C)cc8)C(=O)N7[C@H]5Nc5ccccc56)c5ccccc5N[C@@H]4N3C2=O)cc1. The van der Waals surface area contributed by atoms with Crippen molar-refractivity contribution in [1.82, 2.24) is 20.4 Å². The van der Waals surface area contributed by atoms with Gasteiger partial charge in [0.15, 0.2) is 0 Å². The van der Waals surface area contributed by atoms with Crippen LogP contribution in [0, 0.1) is 13.8 Å². The number of amides is 4. The van der Waals surface area contributed by atoms with Crippen LogP contribution in [0.1, 0.15) is 46.2 Å². The van der Waals surface area contributed by atoms with E-state index in [-0.39, 0.29) is 23.6 Å². The number of nitrogens with one attached hydrogen (secondary N) is 4. The lowest BCUT2D eigenvalue weighted by Crippen LogP contribution is -2.67. The minimum Gasteiger partial charge on any atom is -0.364 e. The second-order valence-electron chi connectivity index (χ2n) is 15.6. The van der Waals surface area contributed by atoms with Crippen LogP contribution < -0.4 is 21.3 Å². The molecular formula is C42H40N6O4. The molecule has 4 N–H and O–H groups in total. The van der Waals surface area contributed by atoms with E-state index in [2.05, 4.69) is 33.4 Å². The Labute approximate surface area is 302 Å². The Bertz CT molecular complexity index is 2030. The van der Waals surface area contributed by atoms with Crippen LogP contribution in [0.3, 0.4) is 0 Å². The summed E-state index contributed by atoms with van der Waals surface area (Å²) in [7, 11) is 0. The highest BCUT2D eigenvalue weighted by molar-refractivity contribution is 6.01. The molecule has 4 aromatic rings. The normalized spacial score (nSPS) is 32.1. The number of benzene rings is 4. The Morgan fingerprint density at radius 2 is 0.923 bits per heavy atom. The molecule has 4 fully saturated rings. The van der Waals surface area contributed by atoms with Crippen LogP contribution in [0.25, 0.3) is 0 Å². The highest BCUT2D eigenvalue weighted by atomic mass is 16.2. The third-order valence-electron chi connectivity index (χ3n) is 12.9. The van der Waals surface area contributed by atoms with Crippen molar-refractivity contribution in [2.45, 2.75) is 86.9 Å². The lowest BCUT2D eigenvalue weighted by molar-refractivity contribution is -0.149. The minimum absolute atomic E-state index is 0.132. The lowest BCUT2D eigenvalue weighted by Gasteiger charge is -2.48. The van der Waals surface area contributed by atoms with Gasteiger partial charge >= 0.3 is 0 Å². The molecule has 0 radical (unpaired) electrons. The molecule has 52 heavy (non-hydrogen) atoms. The summed E-state index contributed by atoms with van der Waals surface area (Å²) in [5, 5.41) is 13.7. The van der Waals surface area contributed by atoms with Crippen molar-refractivity contribution >= 4 is 35.0 Å². The summed E-state index contributed by atoms with van der Waals surface area (Å²) in [6.45, 7) is 4.05. The summed E-state index contributed by atoms with van der Waals surface area (Å²) >= 11 is 0. The number of nitrogens with zero attached hydrogens (tertiary/aromatic N) is 2. The topological polar surface area (TPSA) is 123 Å². The van der Waals surface area contributed by atoms with Crippen molar-refractivity contribution < 1.29 is 19.2 Å². The molecule has 4 saturated heterocycles. The maximum absolute atomic E-state index is 14.7. The summed E-state index contributed by atoms with van der Waals surface area (Å²) < 4.78 is 0. The van der Waals surface area contributed by atoms with E-state index in [0.717, 1.165) is 44.8 Å². The fourth-order valence-electron chi connectivity index (χ4n) is 10.6. The van der Waals surface area contributed by atoms with E-state index in [9.17, 15) is 19.2 Å². The van der Waals surface area contributed by atoms with Crippen LogP contribution in [0.5, 0.6) is 0 Å². The third-order valence-corrected chi connectivity index (χ3v) is 12.9. The van der Waals surface area contributed by atoms with Crippen molar-refractivity contribution in [3.63, 3.8) is 0 Å². The molecule has 4 aromatic carbocycles. The van der Waals surface area contributed by atoms with E-state index in [1.807, 2.05) is 98.8 Å². The second kappa shape index (κ2) is 10.9. The number of anilines is 2. The monoisotopic (exact) mass is 692 g/mol. The maximum atomic E-state index is 14.7. The number of aryl methyl sites for hydroxylation is 2. The highest BCUT2D eigenvalue weighted by Gasteiger charge is 2.78. The number of rotatable bonds is 5. The largest absolute Gasteiger partial charge is 0.364 e. The van der Waals surface area contributed by atoms with Gasteiger partial charge in [-0.3, -0.25) is 19.2 Å². The molecule has 262 valence electrons. The van der Waals surface area contributed by atoms with Gasteiger partial charge in [0, 0.05) is 24.2 Å². The van der Waals surface area contributed by atoms with Crippen molar-refractivity contribution in [2.24, 2.45) is 0 Å². The van der Waals surface area contributed by atoms with E-state index in [4.69, 9.17) is 0 Å². The fourth-order valence-corrected chi connectivity index (χ4v) is 10.6. The molecular weight excluding hydrogens is 652 g/mol. The summed E-state index contributed by atoms with van der Waals surface area (Å²) in [5.41, 5.74) is 6.26. The molecule has 0 saturated carbocycles. The zero-order valence-corrected chi connectivity index (χ0v) is 29.1. The van der Waals surface area contributed by atoms with Crippen LogP contribution in [0.15, 0.2) is 97.1 Å². The first kappa shape index (κ1) is 31.1. The van der Waals surface area contributed by atoms with Gasteiger partial charge < -0.3 is 31.1 Å². The van der Waals surface area contributed by atoms with E-state index in [1.54, 1.807) is 9.80 Å². The predicted molar refractivity (Wildman–Crippen MR) is 195 cm³/mol. The summed E-state index contributed by atoms with van der Waals surface area (Å²) in [5.74, 6) is -0.626. The van der Waals surface area contributed by atoms with Gasteiger partial charge in [-0.2, -0.15) is 0 Å². The van der Waals surface area contributed by atoms with Crippen molar-refractivity contribution in [3.8, 4) is 0 Å². The van der Waals surface area contributed by atoms with Gasteiger partial charge in [0.1, 0.15) is 36.5 Å². The Hall–Kier alpha value is -5.64. The first-order chi connectivity index (χ1) is 25.2. The van der Waals surface area contributed by atoms with E-state index in [1.165, 1.54) is 0 Å². The smallest absolute Gasteiger partial charge is 0.247 e. The Morgan fingerprint density at radius 1 is 0.538 bits per heavy atom. The molecule has 0 spiro atoms. The zero-order chi connectivity index (χ0) is 35.5. The van der Waals surface area contributed by atoms with Gasteiger partial charge in [-0.25, -0.2) is 0 Å². The van der Waals surface area contributed by atoms with Gasteiger partial charge in [-0.05, 0) is 61.1 Å². The standard InChI is InChI=1S/C42H40N6O4/c1-23-11-15-25(16-12-23)19-31-37(51)47-33(35(49)43-31)21-41(27-7-3-5-9-29(27)45-39(41)47)42-22-34-36(50)44-32(20-26-17-13-24(2)14-18-26)38(52)48(34)40(42)46-30-10-6-4-8-28(30)42/h3-18,31-34,39-40,45-46H,19-22H2,1-2H3,(H,43,49)(H,44,50)/t31-,32-,33-,34-,39+,40+,41?,42?/m0/s1. The number of fused-ring (bicyclic) bond motifs is 11. The first-order valence-electron chi connectivity index (χ1n) is 18.3. The molecule has 10 rings (SSSR count). The Kier molecular flexibility index (Phi) is 6.54. The van der Waals surface area contributed by atoms with Gasteiger partial charge in [0.2, 0.25) is 23.6 Å².